The number of aromatic nitrogens is 1. The number of pyridine rings is 1. The third-order valence-electron chi connectivity index (χ3n) is 7.66. The lowest BCUT2D eigenvalue weighted by Gasteiger charge is -2.28. The summed E-state index contributed by atoms with van der Waals surface area (Å²) in [6.45, 7) is 4.22. The number of benzene rings is 1. The van der Waals surface area contributed by atoms with Crippen LogP contribution >= 0.6 is 0 Å². The number of furan rings is 1. The molecule has 5 heterocycles. The van der Waals surface area contributed by atoms with Crippen LogP contribution in [-0.4, -0.2) is 65.9 Å². The number of nitrogens with one attached hydrogen (secondary N) is 2. The highest BCUT2D eigenvalue weighted by molar-refractivity contribution is 6.08. The molecule has 0 saturated carbocycles. The van der Waals surface area contributed by atoms with E-state index in [4.69, 9.17) is 9.15 Å². The highest BCUT2D eigenvalue weighted by Gasteiger charge is 2.53. The van der Waals surface area contributed by atoms with Crippen LogP contribution in [0.15, 0.2) is 34.8 Å². The molecule has 12 heteroatoms. The van der Waals surface area contributed by atoms with Crippen molar-refractivity contribution in [3.8, 4) is 5.75 Å². The van der Waals surface area contributed by atoms with E-state index in [9.17, 15) is 18.8 Å². The van der Waals surface area contributed by atoms with Crippen molar-refractivity contribution in [2.45, 2.75) is 31.8 Å². The molecule has 3 aromatic rings. The van der Waals surface area contributed by atoms with Gasteiger partial charge < -0.3 is 19.4 Å². The molecule has 0 unspecified atom stereocenters. The van der Waals surface area contributed by atoms with Gasteiger partial charge >= 0.3 is 6.03 Å². The van der Waals surface area contributed by atoms with Gasteiger partial charge in [0.1, 0.15) is 17.0 Å². The maximum atomic E-state index is 15.2. The van der Waals surface area contributed by atoms with E-state index in [0.29, 0.717) is 24.0 Å². The molecule has 3 aliphatic rings. The molecule has 0 radical (unpaired) electrons. The first-order valence-electron chi connectivity index (χ1n) is 13.0. The molecule has 2 N–H and O–H groups in total. The number of nitrogens with zero attached hydrogens (tertiary/aromatic N) is 3. The zero-order valence-corrected chi connectivity index (χ0v) is 22.0. The largest absolute Gasteiger partial charge is 0.494 e. The van der Waals surface area contributed by atoms with E-state index in [-0.39, 0.29) is 41.4 Å². The Labute approximate surface area is 227 Å². The van der Waals surface area contributed by atoms with Crippen molar-refractivity contribution < 1.29 is 32.3 Å². The fraction of sp³-hybridized carbons (Fsp3) is 0.357. The van der Waals surface area contributed by atoms with Crippen LogP contribution in [0.3, 0.4) is 0 Å². The Hall–Kier alpha value is -4.32. The summed E-state index contributed by atoms with van der Waals surface area (Å²) in [4.78, 5) is 46.7. The van der Waals surface area contributed by atoms with Crippen LogP contribution in [0.2, 0.25) is 0 Å². The predicted molar refractivity (Wildman–Crippen MR) is 139 cm³/mol. The van der Waals surface area contributed by atoms with E-state index in [1.807, 2.05) is 6.08 Å². The highest BCUT2D eigenvalue weighted by Crippen LogP contribution is 2.37. The molecule has 208 valence electrons. The van der Waals surface area contributed by atoms with Gasteiger partial charge in [0.2, 0.25) is 0 Å². The number of hydrogen-bond donors (Lipinski definition) is 2. The predicted octanol–water partition coefficient (Wildman–Crippen LogP) is 3.30. The van der Waals surface area contributed by atoms with Crippen molar-refractivity contribution in [1.82, 2.24) is 25.4 Å². The number of halogens is 2. The number of rotatable bonds is 7. The van der Waals surface area contributed by atoms with E-state index in [2.05, 4.69) is 27.4 Å². The monoisotopic (exact) mass is 551 g/mol. The molecule has 40 heavy (non-hydrogen) atoms. The molecule has 2 aromatic heterocycles. The van der Waals surface area contributed by atoms with E-state index in [1.54, 1.807) is 6.07 Å². The number of hydrogen-bond acceptors (Lipinski definition) is 7. The summed E-state index contributed by atoms with van der Waals surface area (Å²) in [6, 6.07) is 4.89. The molecule has 0 bridgehead atoms. The number of ether oxygens (including phenoxy) is 1. The van der Waals surface area contributed by atoms with Gasteiger partial charge in [-0.3, -0.25) is 19.8 Å². The number of imide groups is 1. The first-order chi connectivity index (χ1) is 19.2. The second-order valence-corrected chi connectivity index (χ2v) is 10.2. The fourth-order valence-electron chi connectivity index (χ4n) is 5.65. The van der Waals surface area contributed by atoms with E-state index < -0.39 is 35.0 Å². The van der Waals surface area contributed by atoms with Gasteiger partial charge in [-0.25, -0.2) is 18.6 Å². The fourth-order valence-corrected chi connectivity index (χ4v) is 5.65. The van der Waals surface area contributed by atoms with Crippen LogP contribution in [0.1, 0.15) is 47.1 Å². The minimum Gasteiger partial charge on any atom is -0.494 e. The maximum Gasteiger partial charge on any atom is 0.322 e. The quantitative estimate of drug-likeness (QED) is 0.433. The Morgan fingerprint density at radius 3 is 2.70 bits per heavy atom. The zero-order valence-electron chi connectivity index (χ0n) is 22.0. The first-order valence-corrected chi connectivity index (χ1v) is 13.0. The van der Waals surface area contributed by atoms with Crippen LogP contribution < -0.4 is 15.4 Å². The molecule has 1 aromatic carbocycles. The first kappa shape index (κ1) is 25.9. The number of carbonyl (C=O) groups excluding carboxylic acids is 3. The summed E-state index contributed by atoms with van der Waals surface area (Å²) in [5, 5.41) is 4.76. The third kappa shape index (κ3) is 4.10. The van der Waals surface area contributed by atoms with Crippen LogP contribution in [0.4, 0.5) is 13.6 Å². The molecule has 3 aliphatic heterocycles. The van der Waals surface area contributed by atoms with Crippen molar-refractivity contribution >= 4 is 34.5 Å². The average Bonchev–Trinajstić information content (AvgIpc) is 3.58. The van der Waals surface area contributed by atoms with Crippen molar-refractivity contribution in [2.24, 2.45) is 0 Å². The second kappa shape index (κ2) is 9.70. The molecule has 6 rings (SSSR count). The third-order valence-corrected chi connectivity index (χ3v) is 7.66. The summed E-state index contributed by atoms with van der Waals surface area (Å²) in [5.74, 6) is -2.89. The minimum atomic E-state index is -1.84. The Morgan fingerprint density at radius 2 is 2.02 bits per heavy atom. The number of urea groups is 1. The number of methoxy groups -OCH3 is 1. The van der Waals surface area contributed by atoms with Crippen LogP contribution in [-0.2, 0) is 16.9 Å². The normalized spacial score (nSPS) is 21.1. The molecule has 1 saturated heterocycles. The number of amides is 4. The lowest BCUT2D eigenvalue weighted by Crippen LogP contribution is -2.52. The lowest BCUT2D eigenvalue weighted by atomic mass is 9.95. The van der Waals surface area contributed by atoms with Crippen LogP contribution in [0.5, 0.6) is 5.75 Å². The molecule has 10 nitrogen and oxygen atoms in total. The Morgan fingerprint density at radius 1 is 1.20 bits per heavy atom. The zero-order chi connectivity index (χ0) is 28.2. The van der Waals surface area contributed by atoms with Crippen molar-refractivity contribution in [3.05, 3.63) is 64.6 Å². The van der Waals surface area contributed by atoms with Crippen LogP contribution in [0, 0.1) is 11.6 Å². The summed E-state index contributed by atoms with van der Waals surface area (Å²) in [6.07, 6.45) is 3.64. The van der Waals surface area contributed by atoms with Gasteiger partial charge in [0.05, 0.1) is 19.2 Å². The molecular formula is C28H27F2N5O5. The summed E-state index contributed by atoms with van der Waals surface area (Å²) in [7, 11) is 1.30. The summed E-state index contributed by atoms with van der Waals surface area (Å²) < 4.78 is 41.0. The van der Waals surface area contributed by atoms with E-state index >= 15 is 4.39 Å². The Balaban J connectivity index is 1.35. The smallest absolute Gasteiger partial charge is 0.322 e. The molecular weight excluding hydrogens is 524 g/mol. The molecule has 1 atom stereocenters. The highest BCUT2D eigenvalue weighted by atomic mass is 19.1. The van der Waals surface area contributed by atoms with Gasteiger partial charge in [-0.15, -0.1) is 0 Å². The van der Waals surface area contributed by atoms with Gasteiger partial charge in [-0.1, -0.05) is 19.1 Å². The van der Waals surface area contributed by atoms with E-state index in [0.717, 1.165) is 25.1 Å². The summed E-state index contributed by atoms with van der Waals surface area (Å²) in [5.41, 5.74) is -0.204. The van der Waals surface area contributed by atoms with E-state index in [1.165, 1.54) is 30.2 Å². The van der Waals surface area contributed by atoms with Gasteiger partial charge in [0.15, 0.2) is 28.5 Å². The molecule has 0 spiro atoms. The van der Waals surface area contributed by atoms with Gasteiger partial charge in [-0.2, -0.15) is 0 Å². The van der Waals surface area contributed by atoms with Crippen LogP contribution in [0.25, 0.3) is 16.7 Å². The van der Waals surface area contributed by atoms with Crippen molar-refractivity contribution in [3.63, 3.8) is 0 Å². The van der Waals surface area contributed by atoms with Gasteiger partial charge in [0, 0.05) is 31.8 Å². The molecule has 4 amide bonds. The second-order valence-electron chi connectivity index (χ2n) is 10.2. The van der Waals surface area contributed by atoms with Crippen molar-refractivity contribution in [1.29, 1.82) is 0 Å². The van der Waals surface area contributed by atoms with Gasteiger partial charge in [0.25, 0.3) is 11.8 Å². The molecule has 1 fully saturated rings. The average molecular weight is 552 g/mol. The van der Waals surface area contributed by atoms with Gasteiger partial charge in [-0.05, 0) is 36.6 Å². The number of fused-ring (bicyclic) bond motifs is 2. The Kier molecular flexibility index (Phi) is 6.29. The topological polar surface area (TPSA) is 117 Å². The SMILES string of the molecule is CCCN1CC=C(c2nc3cc([C@]4(CN5Cc6ccc(OC)c(F)c6C5=O)NC(=O)NC4=O)oc3cc2F)CC1. The maximum absolute atomic E-state index is 15.2. The number of carbonyl (C=O) groups is 3. The summed E-state index contributed by atoms with van der Waals surface area (Å²) >= 11 is 0. The standard InChI is InChI=1S/C28H27F2N5O5/c1-3-8-34-9-6-15(7-10-34)24-17(29)11-20-18(31-24)12-21(40-20)28(26(37)32-27(38)33-28)14-35-13-16-4-5-19(39-2)23(30)22(16)25(35)36/h4-6,11-12H,3,7-10,13-14H2,1-2H3,(H2,32,33,37,38)/t28-/m0/s1. The lowest BCUT2D eigenvalue weighted by molar-refractivity contribution is -0.125. The minimum absolute atomic E-state index is 0.000436. The molecule has 0 aliphatic carbocycles. The Bertz CT molecular complexity index is 1600. The van der Waals surface area contributed by atoms with Crippen molar-refractivity contribution in [2.75, 3.05) is 33.3 Å².